The van der Waals surface area contributed by atoms with E-state index in [1.165, 1.54) is 0 Å². The molecule has 1 aromatic heterocycles. The summed E-state index contributed by atoms with van der Waals surface area (Å²) in [7, 11) is 0. The van der Waals surface area contributed by atoms with Gasteiger partial charge < -0.3 is 20.2 Å². The van der Waals surface area contributed by atoms with Gasteiger partial charge in [-0.1, -0.05) is 30.3 Å². The summed E-state index contributed by atoms with van der Waals surface area (Å²) in [5, 5.41) is 15.8. The van der Waals surface area contributed by atoms with Crippen molar-refractivity contribution in [3.8, 4) is 0 Å². The van der Waals surface area contributed by atoms with E-state index in [-0.39, 0.29) is 12.6 Å². The van der Waals surface area contributed by atoms with Crippen molar-refractivity contribution >= 4 is 6.03 Å². The maximum atomic E-state index is 12.0. The number of piperidine rings is 1. The van der Waals surface area contributed by atoms with Crippen LogP contribution in [0.5, 0.6) is 0 Å². The largest absolute Gasteiger partial charge is 0.444 e. The minimum absolute atomic E-state index is 0.198. The first-order valence-corrected chi connectivity index (χ1v) is 9.91. The van der Waals surface area contributed by atoms with E-state index < -0.39 is 6.10 Å². The molecule has 3 rings (SSSR count). The van der Waals surface area contributed by atoms with Crippen LogP contribution in [-0.4, -0.2) is 47.2 Å². The van der Waals surface area contributed by atoms with Crippen LogP contribution in [0.1, 0.15) is 41.9 Å². The molecule has 1 saturated heterocycles. The fourth-order valence-electron chi connectivity index (χ4n) is 3.43. The van der Waals surface area contributed by atoms with Crippen LogP contribution in [0.2, 0.25) is 0 Å². The Morgan fingerprint density at radius 1 is 1.25 bits per heavy atom. The summed E-state index contributed by atoms with van der Waals surface area (Å²) in [5.74, 6) is 2.13. The topological polar surface area (TPSA) is 90.6 Å². The second kappa shape index (κ2) is 9.71. The SMILES string of the molecule is Cc1nc(CN2CCC(CNC(=O)NCC(O)c3ccccc3)CC2)oc1C. The van der Waals surface area contributed by atoms with Gasteiger partial charge in [-0.05, 0) is 51.3 Å². The van der Waals surface area contributed by atoms with Crippen molar-refractivity contribution in [1.82, 2.24) is 20.5 Å². The highest BCUT2D eigenvalue weighted by molar-refractivity contribution is 5.73. The third-order valence-corrected chi connectivity index (χ3v) is 5.33. The Morgan fingerprint density at radius 2 is 1.96 bits per heavy atom. The van der Waals surface area contributed by atoms with E-state index in [0.29, 0.717) is 12.5 Å². The average molecular weight is 386 g/mol. The molecule has 1 aliphatic heterocycles. The lowest BCUT2D eigenvalue weighted by atomic mass is 9.97. The number of nitrogens with one attached hydrogen (secondary N) is 2. The number of hydrogen-bond acceptors (Lipinski definition) is 5. The highest BCUT2D eigenvalue weighted by Gasteiger charge is 2.21. The minimum Gasteiger partial charge on any atom is -0.444 e. The summed E-state index contributed by atoms with van der Waals surface area (Å²) in [5.41, 5.74) is 1.75. The predicted molar refractivity (Wildman–Crippen MR) is 107 cm³/mol. The minimum atomic E-state index is -0.697. The van der Waals surface area contributed by atoms with Crippen LogP contribution < -0.4 is 10.6 Å². The Balaban J connectivity index is 1.32. The molecular weight excluding hydrogens is 356 g/mol. The van der Waals surface area contributed by atoms with E-state index in [2.05, 4.69) is 20.5 Å². The van der Waals surface area contributed by atoms with Gasteiger partial charge in [0.2, 0.25) is 5.89 Å². The summed E-state index contributed by atoms with van der Waals surface area (Å²) in [4.78, 5) is 18.8. The summed E-state index contributed by atoms with van der Waals surface area (Å²) in [6.45, 7) is 7.44. The molecule has 0 saturated carbocycles. The lowest BCUT2D eigenvalue weighted by molar-refractivity contribution is 0.159. The Bertz CT molecular complexity index is 735. The Kier molecular flexibility index (Phi) is 7.06. The molecule has 0 bridgehead atoms. The number of carbonyl (C=O) groups excluding carboxylic acids is 1. The molecule has 0 radical (unpaired) electrons. The quantitative estimate of drug-likeness (QED) is 0.680. The first-order chi connectivity index (χ1) is 13.5. The molecule has 3 N–H and O–H groups in total. The van der Waals surface area contributed by atoms with Crippen LogP contribution in [0.3, 0.4) is 0 Å². The van der Waals surface area contributed by atoms with Crippen LogP contribution in [0.25, 0.3) is 0 Å². The van der Waals surface area contributed by atoms with Crippen molar-refractivity contribution in [3.05, 3.63) is 53.2 Å². The second-order valence-corrected chi connectivity index (χ2v) is 7.49. The molecule has 0 spiro atoms. The van der Waals surface area contributed by atoms with Gasteiger partial charge in [0.05, 0.1) is 18.3 Å². The number of urea groups is 1. The monoisotopic (exact) mass is 386 g/mol. The van der Waals surface area contributed by atoms with Gasteiger partial charge in [0.25, 0.3) is 0 Å². The van der Waals surface area contributed by atoms with Gasteiger partial charge in [0.15, 0.2) is 0 Å². The Labute approximate surface area is 166 Å². The highest BCUT2D eigenvalue weighted by atomic mass is 16.4. The lowest BCUT2D eigenvalue weighted by Gasteiger charge is -2.31. The molecule has 1 aromatic carbocycles. The number of nitrogens with zero attached hydrogens (tertiary/aromatic N) is 2. The normalized spacial score (nSPS) is 16.7. The molecule has 7 nitrogen and oxygen atoms in total. The zero-order valence-corrected chi connectivity index (χ0v) is 16.6. The summed E-state index contributed by atoms with van der Waals surface area (Å²) >= 11 is 0. The van der Waals surface area contributed by atoms with Crippen LogP contribution >= 0.6 is 0 Å². The lowest BCUT2D eigenvalue weighted by Crippen LogP contribution is -2.42. The molecule has 7 heteroatoms. The van der Waals surface area contributed by atoms with Crippen molar-refractivity contribution in [3.63, 3.8) is 0 Å². The summed E-state index contributed by atoms with van der Waals surface area (Å²) < 4.78 is 5.66. The van der Waals surface area contributed by atoms with Gasteiger partial charge in [0.1, 0.15) is 5.76 Å². The third kappa shape index (κ3) is 5.81. The third-order valence-electron chi connectivity index (χ3n) is 5.33. The Hall–Kier alpha value is -2.38. The number of oxazole rings is 1. The highest BCUT2D eigenvalue weighted by Crippen LogP contribution is 2.19. The number of aliphatic hydroxyl groups is 1. The van der Waals surface area contributed by atoms with Crippen LogP contribution in [-0.2, 0) is 6.54 Å². The van der Waals surface area contributed by atoms with Crippen molar-refractivity contribution in [2.45, 2.75) is 39.3 Å². The smallest absolute Gasteiger partial charge is 0.314 e. The number of benzene rings is 1. The van der Waals surface area contributed by atoms with Gasteiger partial charge in [-0.2, -0.15) is 0 Å². The molecule has 28 heavy (non-hydrogen) atoms. The van der Waals surface area contributed by atoms with Crippen molar-refractivity contribution in [2.75, 3.05) is 26.2 Å². The maximum Gasteiger partial charge on any atom is 0.314 e. The van der Waals surface area contributed by atoms with Gasteiger partial charge in [-0.3, -0.25) is 4.90 Å². The number of hydrogen-bond donors (Lipinski definition) is 3. The van der Waals surface area contributed by atoms with Gasteiger partial charge in [-0.15, -0.1) is 0 Å². The van der Waals surface area contributed by atoms with E-state index in [9.17, 15) is 9.90 Å². The number of aromatic nitrogens is 1. The average Bonchev–Trinajstić information content (AvgIpc) is 3.03. The number of aryl methyl sites for hydroxylation is 2. The van der Waals surface area contributed by atoms with Crippen molar-refractivity contribution in [1.29, 1.82) is 0 Å². The van der Waals surface area contributed by atoms with Gasteiger partial charge >= 0.3 is 6.03 Å². The number of aliphatic hydroxyl groups excluding tert-OH is 1. The molecular formula is C21H30N4O3. The number of amides is 2. The molecule has 1 atom stereocenters. The summed E-state index contributed by atoms with van der Waals surface area (Å²) in [6.07, 6.45) is 1.37. The Morgan fingerprint density at radius 3 is 2.61 bits per heavy atom. The predicted octanol–water partition coefficient (Wildman–Crippen LogP) is 2.54. The molecule has 1 unspecified atom stereocenters. The van der Waals surface area contributed by atoms with Crippen molar-refractivity contribution < 1.29 is 14.3 Å². The molecule has 152 valence electrons. The first-order valence-electron chi connectivity index (χ1n) is 9.91. The van der Waals surface area contributed by atoms with Crippen LogP contribution in [0.4, 0.5) is 4.79 Å². The fourth-order valence-corrected chi connectivity index (χ4v) is 3.43. The van der Waals surface area contributed by atoms with Gasteiger partial charge in [-0.25, -0.2) is 9.78 Å². The summed E-state index contributed by atoms with van der Waals surface area (Å²) in [6, 6.07) is 9.10. The van der Waals surface area contributed by atoms with E-state index in [0.717, 1.165) is 55.4 Å². The number of likely N-dealkylation sites (tertiary alicyclic amines) is 1. The fraction of sp³-hybridized carbons (Fsp3) is 0.524. The van der Waals surface area contributed by atoms with Gasteiger partial charge in [0, 0.05) is 13.1 Å². The first kappa shape index (κ1) is 20.4. The molecule has 2 amide bonds. The second-order valence-electron chi connectivity index (χ2n) is 7.49. The molecule has 1 aliphatic rings. The molecule has 2 aromatic rings. The van der Waals surface area contributed by atoms with E-state index >= 15 is 0 Å². The van der Waals surface area contributed by atoms with E-state index in [1.54, 1.807) is 0 Å². The standard InChI is InChI=1S/C21H30N4O3/c1-15-16(2)28-20(24-15)14-25-10-8-17(9-11-25)12-22-21(27)23-13-19(26)18-6-4-3-5-7-18/h3-7,17,19,26H,8-14H2,1-2H3,(H2,22,23,27). The van der Waals surface area contributed by atoms with E-state index in [4.69, 9.17) is 4.42 Å². The molecule has 2 heterocycles. The number of rotatable bonds is 7. The van der Waals surface area contributed by atoms with Crippen LogP contribution in [0.15, 0.2) is 34.7 Å². The zero-order valence-electron chi connectivity index (χ0n) is 16.6. The molecule has 0 aliphatic carbocycles. The zero-order chi connectivity index (χ0) is 19.9. The van der Waals surface area contributed by atoms with Crippen LogP contribution in [0, 0.1) is 19.8 Å². The van der Waals surface area contributed by atoms with E-state index in [1.807, 2.05) is 44.2 Å². The molecule has 1 fully saturated rings. The number of carbonyl (C=O) groups is 1. The van der Waals surface area contributed by atoms with Crippen molar-refractivity contribution in [2.24, 2.45) is 5.92 Å². The maximum absolute atomic E-state index is 12.0.